The Morgan fingerprint density at radius 2 is 1.84 bits per heavy atom. The molecule has 2 aromatic heterocycles. The third-order valence-corrected chi connectivity index (χ3v) is 6.87. The van der Waals surface area contributed by atoms with E-state index in [1.165, 1.54) is 10.4 Å². The Hall–Kier alpha value is -2.99. The minimum atomic E-state index is -0.616. The van der Waals surface area contributed by atoms with E-state index in [-0.39, 0.29) is 11.8 Å². The fourth-order valence-electron chi connectivity index (χ4n) is 4.47. The molecule has 1 saturated heterocycles. The van der Waals surface area contributed by atoms with Crippen molar-refractivity contribution in [2.24, 2.45) is 5.41 Å². The highest BCUT2D eigenvalue weighted by Crippen LogP contribution is 2.36. The number of likely N-dealkylation sites (tertiary alicyclic amines) is 1. The molecule has 5 nitrogen and oxygen atoms in total. The molecule has 31 heavy (non-hydrogen) atoms. The molecule has 1 fully saturated rings. The number of benzene rings is 1. The van der Waals surface area contributed by atoms with E-state index in [0.29, 0.717) is 25.1 Å². The molecule has 3 aromatic rings. The van der Waals surface area contributed by atoms with Crippen LogP contribution in [-0.4, -0.2) is 53.8 Å². The van der Waals surface area contributed by atoms with Crippen molar-refractivity contribution in [3.63, 3.8) is 0 Å². The van der Waals surface area contributed by atoms with Crippen LogP contribution in [-0.2, 0) is 11.2 Å². The van der Waals surface area contributed by atoms with Gasteiger partial charge in [0.25, 0.3) is 5.91 Å². The summed E-state index contributed by atoms with van der Waals surface area (Å²) in [5.41, 5.74) is 2.30. The summed E-state index contributed by atoms with van der Waals surface area (Å²) < 4.78 is 0. The SMILES string of the molecule is CN(C)C(=O)C1(Cc2ccc(-c3cccs3)cc2)CCCN(C(=O)c2ccncc2)C1. The molecule has 0 saturated carbocycles. The Kier molecular flexibility index (Phi) is 6.18. The Labute approximate surface area is 187 Å². The second-order valence-electron chi connectivity index (χ2n) is 8.40. The molecule has 2 amide bonds. The lowest BCUT2D eigenvalue weighted by molar-refractivity contribution is -0.142. The molecule has 160 valence electrons. The van der Waals surface area contributed by atoms with Crippen LogP contribution in [0.1, 0.15) is 28.8 Å². The van der Waals surface area contributed by atoms with Crippen LogP contribution in [0.5, 0.6) is 0 Å². The lowest BCUT2D eigenvalue weighted by Crippen LogP contribution is -2.54. The summed E-state index contributed by atoms with van der Waals surface area (Å²) in [7, 11) is 3.60. The second-order valence-corrected chi connectivity index (χ2v) is 9.34. The van der Waals surface area contributed by atoms with Gasteiger partial charge in [-0.3, -0.25) is 14.6 Å². The molecule has 1 aliphatic rings. The van der Waals surface area contributed by atoms with E-state index in [1.807, 2.05) is 4.90 Å². The standard InChI is InChI=1S/C25H27N3O2S/c1-27(2)24(30)25(17-19-6-8-20(9-7-19)22-5-3-16-31-22)12-4-15-28(18-25)23(29)21-10-13-26-14-11-21/h3,5-11,13-14,16H,4,12,15,17-18H2,1-2H3. The minimum Gasteiger partial charge on any atom is -0.348 e. The van der Waals surface area contributed by atoms with Gasteiger partial charge in [-0.15, -0.1) is 11.3 Å². The van der Waals surface area contributed by atoms with Crippen LogP contribution in [0.15, 0.2) is 66.3 Å². The van der Waals surface area contributed by atoms with Crippen LogP contribution in [0.3, 0.4) is 0 Å². The molecule has 0 spiro atoms. The van der Waals surface area contributed by atoms with E-state index < -0.39 is 5.41 Å². The van der Waals surface area contributed by atoms with E-state index in [1.54, 1.807) is 54.9 Å². The van der Waals surface area contributed by atoms with Crippen molar-refractivity contribution in [1.82, 2.24) is 14.8 Å². The highest BCUT2D eigenvalue weighted by atomic mass is 32.1. The van der Waals surface area contributed by atoms with E-state index >= 15 is 0 Å². The van der Waals surface area contributed by atoms with Crippen molar-refractivity contribution in [3.05, 3.63) is 77.4 Å². The minimum absolute atomic E-state index is 0.0360. The molecule has 0 N–H and O–H groups in total. The summed E-state index contributed by atoms with van der Waals surface area (Å²) in [4.78, 5) is 35.2. The topological polar surface area (TPSA) is 53.5 Å². The molecule has 0 radical (unpaired) electrons. The highest BCUT2D eigenvalue weighted by Gasteiger charge is 2.44. The Morgan fingerprint density at radius 3 is 2.48 bits per heavy atom. The number of rotatable bonds is 5. The monoisotopic (exact) mass is 433 g/mol. The summed E-state index contributed by atoms with van der Waals surface area (Å²) in [6.07, 6.45) is 5.46. The Balaban J connectivity index is 1.59. The smallest absolute Gasteiger partial charge is 0.253 e. The molecule has 3 heterocycles. The van der Waals surface area contributed by atoms with E-state index in [4.69, 9.17) is 0 Å². The zero-order valence-corrected chi connectivity index (χ0v) is 18.8. The molecule has 0 bridgehead atoms. The van der Waals surface area contributed by atoms with Crippen LogP contribution in [0, 0.1) is 5.41 Å². The predicted molar refractivity (Wildman–Crippen MR) is 124 cm³/mol. The van der Waals surface area contributed by atoms with Crippen molar-refractivity contribution in [1.29, 1.82) is 0 Å². The normalized spacial score (nSPS) is 18.6. The third kappa shape index (κ3) is 4.54. The predicted octanol–water partition coefficient (Wildman–Crippen LogP) is 4.36. The summed E-state index contributed by atoms with van der Waals surface area (Å²) >= 11 is 1.72. The van der Waals surface area contributed by atoms with Crippen molar-refractivity contribution < 1.29 is 9.59 Å². The van der Waals surface area contributed by atoms with Crippen molar-refractivity contribution in [3.8, 4) is 10.4 Å². The van der Waals surface area contributed by atoms with Gasteiger partial charge in [0.2, 0.25) is 5.91 Å². The van der Waals surface area contributed by atoms with Crippen molar-refractivity contribution in [2.45, 2.75) is 19.3 Å². The first-order valence-electron chi connectivity index (χ1n) is 10.5. The van der Waals surface area contributed by atoms with Gasteiger partial charge >= 0.3 is 0 Å². The fraction of sp³-hybridized carbons (Fsp3) is 0.320. The molecule has 1 unspecified atom stereocenters. The summed E-state index contributed by atoms with van der Waals surface area (Å²) in [6, 6.07) is 16.1. The molecule has 1 aromatic carbocycles. The van der Waals surface area contributed by atoms with Gasteiger partial charge in [0.05, 0.1) is 5.41 Å². The molecular formula is C25H27N3O2S. The summed E-state index contributed by atoms with van der Waals surface area (Å²) in [5, 5.41) is 2.07. The molecule has 1 atom stereocenters. The molecule has 1 aliphatic heterocycles. The van der Waals surface area contributed by atoms with Crippen LogP contribution < -0.4 is 0 Å². The largest absolute Gasteiger partial charge is 0.348 e. The Morgan fingerprint density at radius 1 is 1.10 bits per heavy atom. The number of piperidine rings is 1. The van der Waals surface area contributed by atoms with Crippen LogP contribution >= 0.6 is 11.3 Å². The van der Waals surface area contributed by atoms with Crippen molar-refractivity contribution >= 4 is 23.2 Å². The summed E-state index contributed by atoms with van der Waals surface area (Å²) in [5.74, 6) is 0.0492. The maximum absolute atomic E-state index is 13.4. The van der Waals surface area contributed by atoms with Crippen molar-refractivity contribution in [2.75, 3.05) is 27.2 Å². The lowest BCUT2D eigenvalue weighted by Gasteiger charge is -2.43. The van der Waals surface area contributed by atoms with E-state index in [0.717, 1.165) is 18.4 Å². The second kappa shape index (κ2) is 9.02. The quantitative estimate of drug-likeness (QED) is 0.601. The van der Waals surface area contributed by atoms with Gasteiger partial charge in [-0.05, 0) is 54.0 Å². The first kappa shape index (κ1) is 21.2. The number of amides is 2. The average Bonchev–Trinajstić information content (AvgIpc) is 3.34. The third-order valence-electron chi connectivity index (χ3n) is 5.95. The van der Waals surface area contributed by atoms with Crippen LogP contribution in [0.4, 0.5) is 0 Å². The van der Waals surface area contributed by atoms with Gasteiger partial charge in [0.1, 0.15) is 0 Å². The maximum Gasteiger partial charge on any atom is 0.253 e. The van der Waals surface area contributed by atoms with Gasteiger partial charge < -0.3 is 9.80 Å². The number of hydrogen-bond donors (Lipinski definition) is 0. The number of nitrogens with zero attached hydrogens (tertiary/aromatic N) is 3. The number of hydrogen-bond acceptors (Lipinski definition) is 4. The molecule has 0 aliphatic carbocycles. The van der Waals surface area contributed by atoms with Gasteiger partial charge in [-0.25, -0.2) is 0 Å². The Bertz CT molecular complexity index is 1030. The zero-order chi connectivity index (χ0) is 21.8. The van der Waals surface area contributed by atoms with Gasteiger partial charge in [-0.1, -0.05) is 30.3 Å². The number of carbonyl (C=O) groups is 2. The first-order chi connectivity index (χ1) is 15.0. The van der Waals surface area contributed by atoms with Gasteiger partial charge in [0, 0.05) is 50.0 Å². The maximum atomic E-state index is 13.4. The zero-order valence-electron chi connectivity index (χ0n) is 18.0. The molecular weight excluding hydrogens is 406 g/mol. The highest BCUT2D eigenvalue weighted by molar-refractivity contribution is 7.13. The fourth-order valence-corrected chi connectivity index (χ4v) is 5.20. The average molecular weight is 434 g/mol. The van der Waals surface area contributed by atoms with E-state index in [2.05, 4.69) is 46.8 Å². The first-order valence-corrected chi connectivity index (χ1v) is 11.4. The van der Waals surface area contributed by atoms with Crippen LogP contribution in [0.25, 0.3) is 10.4 Å². The lowest BCUT2D eigenvalue weighted by atomic mass is 9.73. The van der Waals surface area contributed by atoms with Crippen LogP contribution in [0.2, 0.25) is 0 Å². The molecule has 4 rings (SSSR count). The van der Waals surface area contributed by atoms with Gasteiger partial charge in [-0.2, -0.15) is 0 Å². The van der Waals surface area contributed by atoms with Gasteiger partial charge in [0.15, 0.2) is 0 Å². The van der Waals surface area contributed by atoms with E-state index in [9.17, 15) is 9.59 Å². The summed E-state index contributed by atoms with van der Waals surface area (Å²) in [6.45, 7) is 1.10. The number of thiophene rings is 1. The number of aromatic nitrogens is 1. The molecule has 6 heteroatoms. The number of carbonyl (C=O) groups excluding carboxylic acids is 2. The number of pyridine rings is 1.